The third kappa shape index (κ3) is 4.36. The zero-order chi connectivity index (χ0) is 18.7. The van der Waals surface area contributed by atoms with Crippen LogP contribution < -0.4 is 15.0 Å². The third-order valence-electron chi connectivity index (χ3n) is 3.95. The standard InChI is InChI=1S/C19H17F3N2O2/c1-24-10-11-26-17-7-6-15(12-16(17)24)23-18(25)14-4-2-13(3-5-14)8-9-19(20,21)22/h2-9,12H,10-11H2,1H3,(H,23,25). The molecule has 7 heteroatoms. The lowest BCUT2D eigenvalue weighted by atomic mass is 10.1. The maximum absolute atomic E-state index is 12.3. The molecule has 1 amide bonds. The minimum Gasteiger partial charge on any atom is -0.490 e. The first-order chi connectivity index (χ1) is 12.3. The van der Waals surface area contributed by atoms with Crippen LogP contribution in [0.25, 0.3) is 6.08 Å². The number of carbonyl (C=O) groups is 1. The van der Waals surface area contributed by atoms with Crippen molar-refractivity contribution in [3.05, 3.63) is 59.7 Å². The molecule has 4 nitrogen and oxygen atoms in total. The van der Waals surface area contributed by atoms with Crippen LogP contribution in [0, 0.1) is 0 Å². The fourth-order valence-corrected chi connectivity index (χ4v) is 2.57. The Morgan fingerprint density at radius 2 is 1.92 bits per heavy atom. The van der Waals surface area contributed by atoms with Crippen molar-refractivity contribution < 1.29 is 22.7 Å². The molecule has 0 atom stereocenters. The number of nitrogens with one attached hydrogen (secondary N) is 1. The topological polar surface area (TPSA) is 41.6 Å². The van der Waals surface area contributed by atoms with E-state index in [1.54, 1.807) is 12.1 Å². The lowest BCUT2D eigenvalue weighted by molar-refractivity contribution is -0.0790. The van der Waals surface area contributed by atoms with Gasteiger partial charge in [0.15, 0.2) is 0 Å². The average Bonchev–Trinajstić information content (AvgIpc) is 2.60. The molecule has 0 spiro atoms. The fourth-order valence-electron chi connectivity index (χ4n) is 2.57. The highest BCUT2D eigenvalue weighted by molar-refractivity contribution is 6.04. The number of benzene rings is 2. The molecule has 0 aliphatic carbocycles. The van der Waals surface area contributed by atoms with E-state index < -0.39 is 6.18 Å². The number of allylic oxidation sites excluding steroid dienone is 1. The van der Waals surface area contributed by atoms with Crippen molar-refractivity contribution in [1.82, 2.24) is 0 Å². The number of nitrogens with zero attached hydrogens (tertiary/aromatic N) is 1. The number of hydrogen-bond acceptors (Lipinski definition) is 3. The maximum atomic E-state index is 12.3. The Morgan fingerprint density at radius 1 is 1.19 bits per heavy atom. The Labute approximate surface area is 148 Å². The molecule has 1 N–H and O–H groups in total. The summed E-state index contributed by atoms with van der Waals surface area (Å²) in [5.41, 5.74) is 2.23. The van der Waals surface area contributed by atoms with Crippen molar-refractivity contribution in [2.75, 3.05) is 30.4 Å². The van der Waals surface area contributed by atoms with Gasteiger partial charge in [-0.25, -0.2) is 0 Å². The van der Waals surface area contributed by atoms with Gasteiger partial charge < -0.3 is 15.0 Å². The van der Waals surface area contributed by atoms with Crippen LogP contribution in [-0.4, -0.2) is 32.3 Å². The summed E-state index contributed by atoms with van der Waals surface area (Å²) < 4.78 is 42.1. The highest BCUT2D eigenvalue weighted by Crippen LogP contribution is 2.33. The van der Waals surface area contributed by atoms with Gasteiger partial charge in [0.2, 0.25) is 0 Å². The maximum Gasteiger partial charge on any atom is 0.409 e. The smallest absolute Gasteiger partial charge is 0.409 e. The van der Waals surface area contributed by atoms with Crippen molar-refractivity contribution in [2.24, 2.45) is 0 Å². The van der Waals surface area contributed by atoms with Crippen LogP contribution in [0.15, 0.2) is 48.5 Å². The number of anilines is 2. The van der Waals surface area contributed by atoms with Crippen LogP contribution in [0.1, 0.15) is 15.9 Å². The van der Waals surface area contributed by atoms with Crippen molar-refractivity contribution >= 4 is 23.4 Å². The third-order valence-corrected chi connectivity index (χ3v) is 3.95. The number of ether oxygens (including phenoxy) is 1. The summed E-state index contributed by atoms with van der Waals surface area (Å²) in [6.45, 7) is 1.38. The normalized spacial score (nSPS) is 14.1. The van der Waals surface area contributed by atoms with E-state index in [1.165, 1.54) is 24.3 Å². The Kier molecular flexibility index (Phi) is 4.88. The van der Waals surface area contributed by atoms with E-state index in [2.05, 4.69) is 5.32 Å². The largest absolute Gasteiger partial charge is 0.490 e. The highest BCUT2D eigenvalue weighted by Gasteiger charge is 2.21. The highest BCUT2D eigenvalue weighted by atomic mass is 19.4. The average molecular weight is 362 g/mol. The summed E-state index contributed by atoms with van der Waals surface area (Å²) in [6.07, 6.45) is -3.24. The first-order valence-electron chi connectivity index (χ1n) is 7.97. The zero-order valence-electron chi connectivity index (χ0n) is 14.0. The Balaban J connectivity index is 1.70. The van der Waals surface area contributed by atoms with Gasteiger partial charge in [-0.3, -0.25) is 4.79 Å². The molecule has 0 radical (unpaired) electrons. The van der Waals surface area contributed by atoms with E-state index in [-0.39, 0.29) is 12.0 Å². The molecule has 3 rings (SSSR count). The van der Waals surface area contributed by atoms with Gasteiger partial charge in [0.05, 0.1) is 12.2 Å². The van der Waals surface area contributed by atoms with Gasteiger partial charge in [0, 0.05) is 24.4 Å². The molecule has 0 saturated heterocycles. The van der Waals surface area contributed by atoms with Gasteiger partial charge in [0.25, 0.3) is 5.91 Å². The van der Waals surface area contributed by atoms with Crippen LogP contribution in [-0.2, 0) is 0 Å². The molecule has 0 saturated carbocycles. The van der Waals surface area contributed by atoms with E-state index in [4.69, 9.17) is 4.74 Å². The molecular weight excluding hydrogens is 345 g/mol. The summed E-state index contributed by atoms with van der Waals surface area (Å²) in [6, 6.07) is 11.3. The monoisotopic (exact) mass is 362 g/mol. The van der Waals surface area contributed by atoms with Gasteiger partial charge in [-0.15, -0.1) is 0 Å². The van der Waals surface area contributed by atoms with Crippen LogP contribution in [0.3, 0.4) is 0 Å². The molecular formula is C19H17F3N2O2. The van der Waals surface area contributed by atoms with Crippen molar-refractivity contribution in [1.29, 1.82) is 0 Å². The van der Waals surface area contributed by atoms with Gasteiger partial charge in [0.1, 0.15) is 12.4 Å². The predicted octanol–water partition coefficient (Wildman–Crippen LogP) is 4.34. The van der Waals surface area contributed by atoms with Crippen molar-refractivity contribution in [2.45, 2.75) is 6.18 Å². The van der Waals surface area contributed by atoms with E-state index in [0.717, 1.165) is 24.1 Å². The molecule has 2 aromatic rings. The summed E-state index contributed by atoms with van der Waals surface area (Å²) in [5, 5.41) is 2.79. The minimum atomic E-state index is -4.36. The van der Waals surface area contributed by atoms with E-state index in [9.17, 15) is 18.0 Å². The Morgan fingerprint density at radius 3 is 2.62 bits per heavy atom. The van der Waals surface area contributed by atoms with Gasteiger partial charge in [-0.2, -0.15) is 13.2 Å². The first-order valence-corrected chi connectivity index (χ1v) is 7.97. The van der Waals surface area contributed by atoms with Crippen LogP contribution in [0.5, 0.6) is 5.75 Å². The van der Waals surface area contributed by atoms with Gasteiger partial charge >= 0.3 is 6.18 Å². The number of rotatable bonds is 3. The lowest BCUT2D eigenvalue weighted by Crippen LogP contribution is -2.28. The summed E-state index contributed by atoms with van der Waals surface area (Å²) >= 11 is 0. The fraction of sp³-hybridized carbons (Fsp3) is 0.211. The quantitative estimate of drug-likeness (QED) is 0.883. The Hall–Kier alpha value is -2.96. The van der Waals surface area contributed by atoms with Gasteiger partial charge in [-0.05, 0) is 35.9 Å². The molecule has 1 aliphatic rings. The number of amides is 1. The molecule has 0 bridgehead atoms. The second-order valence-electron chi connectivity index (χ2n) is 5.90. The number of likely N-dealkylation sites (N-methyl/N-ethyl adjacent to an activating group) is 1. The van der Waals surface area contributed by atoms with Crippen LogP contribution in [0.4, 0.5) is 24.5 Å². The zero-order valence-corrected chi connectivity index (χ0v) is 14.0. The predicted molar refractivity (Wildman–Crippen MR) is 94.7 cm³/mol. The van der Waals surface area contributed by atoms with Crippen LogP contribution in [0.2, 0.25) is 0 Å². The number of halogens is 3. The molecule has 0 unspecified atom stereocenters. The summed E-state index contributed by atoms with van der Waals surface area (Å²) in [4.78, 5) is 14.4. The first kappa shape index (κ1) is 17.8. The van der Waals surface area contributed by atoms with Crippen molar-refractivity contribution in [3.63, 3.8) is 0 Å². The van der Waals surface area contributed by atoms with Crippen LogP contribution >= 0.6 is 0 Å². The molecule has 2 aromatic carbocycles. The molecule has 0 aromatic heterocycles. The number of carbonyl (C=O) groups excluding carboxylic acids is 1. The van der Waals surface area contributed by atoms with Crippen molar-refractivity contribution in [3.8, 4) is 5.75 Å². The Bertz CT molecular complexity index is 830. The van der Waals surface area contributed by atoms with Gasteiger partial charge in [-0.1, -0.05) is 18.2 Å². The summed E-state index contributed by atoms with van der Waals surface area (Å²) in [7, 11) is 1.94. The number of hydrogen-bond donors (Lipinski definition) is 1. The second kappa shape index (κ2) is 7.11. The number of fused-ring (bicyclic) bond motifs is 1. The second-order valence-corrected chi connectivity index (χ2v) is 5.90. The molecule has 1 aliphatic heterocycles. The summed E-state index contributed by atoms with van der Waals surface area (Å²) in [5.74, 6) is 0.424. The van der Waals surface area contributed by atoms with E-state index >= 15 is 0 Å². The number of alkyl halides is 3. The van der Waals surface area contributed by atoms with E-state index in [1.807, 2.05) is 18.0 Å². The minimum absolute atomic E-state index is 0.160. The molecule has 26 heavy (non-hydrogen) atoms. The molecule has 0 fully saturated rings. The molecule has 1 heterocycles. The SMILES string of the molecule is CN1CCOc2ccc(NC(=O)c3ccc(C=CC(F)(F)F)cc3)cc21. The lowest BCUT2D eigenvalue weighted by Gasteiger charge is -2.28. The molecule has 136 valence electrons. The van der Waals surface area contributed by atoms with E-state index in [0.29, 0.717) is 23.4 Å².